The van der Waals surface area contributed by atoms with Gasteiger partial charge < -0.3 is 10.4 Å². The van der Waals surface area contributed by atoms with E-state index in [1.54, 1.807) is 11.8 Å². The van der Waals surface area contributed by atoms with E-state index in [2.05, 4.69) is 29.6 Å². The van der Waals surface area contributed by atoms with Crippen LogP contribution >= 0.6 is 11.8 Å². The van der Waals surface area contributed by atoms with E-state index in [4.69, 9.17) is 0 Å². The molecular weight excluding hydrogens is 342 g/mol. The minimum absolute atomic E-state index is 0.470. The van der Waals surface area contributed by atoms with E-state index in [0.717, 1.165) is 11.1 Å². The lowest BCUT2D eigenvalue weighted by Crippen LogP contribution is -2.38. The average molecular weight is 363 g/mol. The van der Waals surface area contributed by atoms with E-state index < -0.39 is 12.0 Å². The number of nitrogens with one attached hydrogen (secondary N) is 1. The van der Waals surface area contributed by atoms with Crippen molar-refractivity contribution < 1.29 is 9.90 Å². The van der Waals surface area contributed by atoms with Gasteiger partial charge in [0.05, 0.1) is 0 Å². The molecule has 0 fully saturated rings. The van der Waals surface area contributed by atoms with Crippen LogP contribution in [-0.2, 0) is 17.8 Å². The van der Waals surface area contributed by atoms with Crippen LogP contribution in [0.4, 0.5) is 0 Å². The van der Waals surface area contributed by atoms with Gasteiger partial charge in [-0.1, -0.05) is 72.4 Å². The smallest absolute Gasteiger partial charge is 0.321 e. The fourth-order valence-electron chi connectivity index (χ4n) is 2.64. The molecule has 3 aromatic rings. The van der Waals surface area contributed by atoms with E-state index in [1.165, 1.54) is 9.79 Å². The molecule has 0 aliphatic rings. The second kappa shape index (κ2) is 9.22. The lowest BCUT2D eigenvalue weighted by molar-refractivity contribution is -0.139. The molecule has 2 N–H and O–H groups in total. The molecule has 0 unspecified atom stereocenters. The van der Waals surface area contributed by atoms with Gasteiger partial charge >= 0.3 is 5.97 Å². The van der Waals surface area contributed by atoms with Crippen molar-refractivity contribution in [1.29, 1.82) is 0 Å². The van der Waals surface area contributed by atoms with Crippen LogP contribution < -0.4 is 5.32 Å². The van der Waals surface area contributed by atoms with Crippen molar-refractivity contribution in [2.75, 3.05) is 0 Å². The van der Waals surface area contributed by atoms with Crippen LogP contribution in [-0.4, -0.2) is 17.1 Å². The van der Waals surface area contributed by atoms with Crippen molar-refractivity contribution in [3.05, 3.63) is 96.1 Å². The summed E-state index contributed by atoms with van der Waals surface area (Å²) in [5, 5.41) is 12.6. The SMILES string of the molecule is O=C(O)[C@@H](Cc1ccccc1)NCc1ccc(Sc2ccccc2)cc1. The second-order valence-corrected chi connectivity index (χ2v) is 7.17. The molecule has 3 rings (SSSR count). The number of hydrogen-bond donors (Lipinski definition) is 2. The van der Waals surface area contributed by atoms with Gasteiger partial charge in [-0.2, -0.15) is 0 Å². The van der Waals surface area contributed by atoms with Gasteiger partial charge in [-0.05, 0) is 41.8 Å². The van der Waals surface area contributed by atoms with Gasteiger partial charge in [0.1, 0.15) is 6.04 Å². The highest BCUT2D eigenvalue weighted by atomic mass is 32.2. The standard InChI is InChI=1S/C22H21NO2S/c24-22(25)21(15-17-7-3-1-4-8-17)23-16-18-11-13-20(14-12-18)26-19-9-5-2-6-10-19/h1-14,21,23H,15-16H2,(H,24,25)/t21-/m1/s1. The molecule has 1 atom stereocenters. The highest BCUT2D eigenvalue weighted by molar-refractivity contribution is 7.99. The van der Waals surface area contributed by atoms with Crippen LogP contribution in [0.1, 0.15) is 11.1 Å². The van der Waals surface area contributed by atoms with E-state index in [0.29, 0.717) is 13.0 Å². The minimum atomic E-state index is -0.829. The van der Waals surface area contributed by atoms with Crippen molar-refractivity contribution in [1.82, 2.24) is 5.32 Å². The van der Waals surface area contributed by atoms with Crippen molar-refractivity contribution in [2.45, 2.75) is 28.8 Å². The summed E-state index contributed by atoms with van der Waals surface area (Å²) >= 11 is 1.71. The molecule has 0 spiro atoms. The Morgan fingerprint density at radius 1 is 0.808 bits per heavy atom. The fraction of sp³-hybridized carbons (Fsp3) is 0.136. The molecule has 0 aromatic heterocycles. The van der Waals surface area contributed by atoms with Gasteiger partial charge in [-0.3, -0.25) is 4.79 Å². The van der Waals surface area contributed by atoms with Crippen LogP contribution in [0.5, 0.6) is 0 Å². The van der Waals surface area contributed by atoms with Gasteiger partial charge in [0.15, 0.2) is 0 Å². The molecule has 0 saturated carbocycles. The first-order chi connectivity index (χ1) is 12.7. The maximum atomic E-state index is 11.5. The zero-order chi connectivity index (χ0) is 18.2. The van der Waals surface area contributed by atoms with Gasteiger partial charge in [0.2, 0.25) is 0 Å². The van der Waals surface area contributed by atoms with Gasteiger partial charge in [-0.25, -0.2) is 0 Å². The zero-order valence-corrected chi connectivity index (χ0v) is 15.2. The Labute approximate surface area is 158 Å². The summed E-state index contributed by atoms with van der Waals surface area (Å²) in [4.78, 5) is 13.9. The molecule has 0 amide bonds. The molecule has 26 heavy (non-hydrogen) atoms. The highest BCUT2D eigenvalue weighted by Crippen LogP contribution is 2.27. The first kappa shape index (κ1) is 18.2. The first-order valence-corrected chi connectivity index (χ1v) is 9.34. The van der Waals surface area contributed by atoms with E-state index in [-0.39, 0.29) is 0 Å². The lowest BCUT2D eigenvalue weighted by atomic mass is 10.1. The summed E-state index contributed by atoms with van der Waals surface area (Å²) < 4.78 is 0. The Morgan fingerprint density at radius 2 is 1.38 bits per heavy atom. The van der Waals surface area contributed by atoms with Crippen LogP contribution in [0.25, 0.3) is 0 Å². The van der Waals surface area contributed by atoms with Gasteiger partial charge in [0.25, 0.3) is 0 Å². The number of rotatable bonds is 8. The summed E-state index contributed by atoms with van der Waals surface area (Å²) in [7, 11) is 0. The van der Waals surface area contributed by atoms with Crippen LogP contribution in [0, 0.1) is 0 Å². The highest BCUT2D eigenvalue weighted by Gasteiger charge is 2.17. The van der Waals surface area contributed by atoms with E-state index in [1.807, 2.05) is 60.7 Å². The predicted octanol–water partition coefficient (Wildman–Crippen LogP) is 4.62. The molecule has 0 bridgehead atoms. The third-order valence-corrected chi connectivity index (χ3v) is 5.05. The number of carboxylic acid groups (broad SMARTS) is 1. The predicted molar refractivity (Wildman–Crippen MR) is 105 cm³/mol. The Bertz CT molecular complexity index is 820. The molecule has 0 aliphatic heterocycles. The number of carboxylic acids is 1. The third-order valence-electron chi connectivity index (χ3n) is 4.04. The summed E-state index contributed by atoms with van der Waals surface area (Å²) in [6, 6.07) is 27.5. The van der Waals surface area contributed by atoms with Crippen LogP contribution in [0.3, 0.4) is 0 Å². The van der Waals surface area contributed by atoms with Crippen molar-refractivity contribution in [3.8, 4) is 0 Å². The largest absolute Gasteiger partial charge is 0.480 e. The summed E-state index contributed by atoms with van der Waals surface area (Å²) in [6.45, 7) is 0.528. The molecule has 132 valence electrons. The van der Waals surface area contributed by atoms with E-state index in [9.17, 15) is 9.90 Å². The van der Waals surface area contributed by atoms with Crippen LogP contribution in [0.2, 0.25) is 0 Å². The van der Waals surface area contributed by atoms with Gasteiger partial charge in [-0.15, -0.1) is 0 Å². The zero-order valence-electron chi connectivity index (χ0n) is 14.3. The third kappa shape index (κ3) is 5.48. The maximum Gasteiger partial charge on any atom is 0.321 e. The average Bonchev–Trinajstić information content (AvgIpc) is 2.68. The van der Waals surface area contributed by atoms with Crippen LogP contribution in [0.15, 0.2) is 94.7 Å². The Hall–Kier alpha value is -2.56. The topological polar surface area (TPSA) is 49.3 Å². The Balaban J connectivity index is 1.56. The van der Waals surface area contributed by atoms with Gasteiger partial charge in [0, 0.05) is 16.3 Å². The molecule has 3 aromatic carbocycles. The summed E-state index contributed by atoms with van der Waals surface area (Å²) in [5.41, 5.74) is 2.09. The molecular formula is C22H21NO2S. The monoisotopic (exact) mass is 363 g/mol. The van der Waals surface area contributed by atoms with E-state index >= 15 is 0 Å². The molecule has 0 aliphatic carbocycles. The van der Waals surface area contributed by atoms with Crippen molar-refractivity contribution in [3.63, 3.8) is 0 Å². The molecule has 0 saturated heterocycles. The number of hydrogen-bond acceptors (Lipinski definition) is 3. The molecule has 3 nitrogen and oxygen atoms in total. The number of benzene rings is 3. The number of carbonyl (C=O) groups is 1. The van der Waals surface area contributed by atoms with Crippen molar-refractivity contribution in [2.24, 2.45) is 0 Å². The Morgan fingerprint density at radius 3 is 2.00 bits per heavy atom. The Kier molecular flexibility index (Phi) is 6.47. The summed E-state index contributed by atoms with van der Waals surface area (Å²) in [5.74, 6) is -0.829. The molecule has 0 radical (unpaired) electrons. The summed E-state index contributed by atoms with van der Waals surface area (Å²) in [6.07, 6.45) is 0.470. The number of aliphatic carboxylic acids is 1. The fourth-order valence-corrected chi connectivity index (χ4v) is 3.48. The molecule has 0 heterocycles. The normalized spacial score (nSPS) is 11.8. The first-order valence-electron chi connectivity index (χ1n) is 8.52. The molecule has 4 heteroatoms. The maximum absolute atomic E-state index is 11.5. The second-order valence-electron chi connectivity index (χ2n) is 6.02. The lowest BCUT2D eigenvalue weighted by Gasteiger charge is -2.15. The minimum Gasteiger partial charge on any atom is -0.480 e. The quantitative estimate of drug-likeness (QED) is 0.613. The van der Waals surface area contributed by atoms with Crippen molar-refractivity contribution >= 4 is 17.7 Å².